The lowest BCUT2D eigenvalue weighted by atomic mass is 10.00. The number of methoxy groups -OCH3 is 1. The van der Waals surface area contributed by atoms with Crippen LogP contribution in [0.15, 0.2) is 12.1 Å². The van der Waals surface area contributed by atoms with Gasteiger partial charge in [-0.15, -0.1) is 0 Å². The van der Waals surface area contributed by atoms with Crippen molar-refractivity contribution in [2.24, 2.45) is 5.92 Å². The number of pyridine rings is 1. The van der Waals surface area contributed by atoms with Crippen LogP contribution >= 0.6 is 0 Å². The maximum absolute atomic E-state index is 5.88. The maximum atomic E-state index is 5.88. The molecule has 1 aromatic rings. The lowest BCUT2D eigenvalue weighted by Gasteiger charge is -2.18. The van der Waals surface area contributed by atoms with Crippen molar-refractivity contribution in [3.05, 3.63) is 12.1 Å². The Hall–Kier alpha value is -1.49. The molecule has 2 rings (SSSR count). The highest BCUT2D eigenvalue weighted by Crippen LogP contribution is 2.25. The molecule has 0 spiro atoms. The summed E-state index contributed by atoms with van der Waals surface area (Å²) in [6.45, 7) is 3.84. The molecule has 5 nitrogen and oxygen atoms in total. The van der Waals surface area contributed by atoms with Gasteiger partial charge < -0.3 is 20.5 Å². The Kier molecular flexibility index (Phi) is 4.25. The second-order valence-electron chi connectivity index (χ2n) is 4.54. The Morgan fingerprint density at radius 2 is 2.39 bits per heavy atom. The van der Waals surface area contributed by atoms with E-state index in [-0.39, 0.29) is 0 Å². The summed E-state index contributed by atoms with van der Waals surface area (Å²) < 4.78 is 10.8. The van der Waals surface area contributed by atoms with Gasteiger partial charge >= 0.3 is 0 Å². The third-order valence-electron chi connectivity index (χ3n) is 3.39. The minimum atomic E-state index is 0.351. The first-order valence-corrected chi connectivity index (χ1v) is 6.40. The van der Waals surface area contributed by atoms with Crippen molar-refractivity contribution in [1.29, 1.82) is 0 Å². The van der Waals surface area contributed by atoms with Gasteiger partial charge in [-0.3, -0.25) is 0 Å². The van der Waals surface area contributed by atoms with Gasteiger partial charge in [0, 0.05) is 25.1 Å². The van der Waals surface area contributed by atoms with Crippen LogP contribution < -0.4 is 15.8 Å². The second-order valence-corrected chi connectivity index (χ2v) is 4.54. The molecule has 0 aromatic carbocycles. The smallest absolute Gasteiger partial charge is 0.215 e. The van der Waals surface area contributed by atoms with Crippen molar-refractivity contribution >= 4 is 11.5 Å². The van der Waals surface area contributed by atoms with Crippen molar-refractivity contribution in [2.75, 3.05) is 31.3 Å². The molecule has 0 saturated carbocycles. The second kappa shape index (κ2) is 5.91. The molecular weight excluding hydrogens is 230 g/mol. The van der Waals surface area contributed by atoms with Gasteiger partial charge in [0.05, 0.1) is 18.9 Å². The molecule has 2 heterocycles. The molecule has 1 aliphatic heterocycles. The monoisotopic (exact) mass is 251 g/mol. The Morgan fingerprint density at radius 3 is 3.11 bits per heavy atom. The molecule has 18 heavy (non-hydrogen) atoms. The number of nitrogens with two attached hydrogens (primary N) is 1. The summed E-state index contributed by atoms with van der Waals surface area (Å²) in [7, 11) is 1.60. The fraction of sp³-hybridized carbons (Fsp3) is 0.615. The fourth-order valence-corrected chi connectivity index (χ4v) is 2.31. The van der Waals surface area contributed by atoms with Crippen LogP contribution in [0.2, 0.25) is 0 Å². The molecule has 0 aliphatic carbocycles. The van der Waals surface area contributed by atoms with Crippen molar-refractivity contribution in [3.8, 4) is 5.88 Å². The number of nitrogen functional groups attached to an aromatic ring is 1. The average Bonchev–Trinajstić information content (AvgIpc) is 2.85. The van der Waals surface area contributed by atoms with Crippen LogP contribution in [-0.2, 0) is 4.74 Å². The highest BCUT2D eigenvalue weighted by atomic mass is 16.5. The number of hydrogen-bond acceptors (Lipinski definition) is 5. The standard InChI is InChI=1S/C13H21N3O2/c1-3-11-9(6-7-18-11)8-15-13-10(14)4-5-12(16-13)17-2/h4-5,9,11H,3,6-8,14H2,1-2H3,(H,15,16). The highest BCUT2D eigenvalue weighted by Gasteiger charge is 2.26. The molecule has 100 valence electrons. The molecule has 1 fully saturated rings. The van der Waals surface area contributed by atoms with Gasteiger partial charge in [0.15, 0.2) is 5.82 Å². The molecule has 2 atom stereocenters. The van der Waals surface area contributed by atoms with E-state index in [0.717, 1.165) is 26.0 Å². The molecule has 1 aromatic heterocycles. The Morgan fingerprint density at radius 1 is 1.56 bits per heavy atom. The molecule has 3 N–H and O–H groups in total. The molecule has 5 heteroatoms. The van der Waals surface area contributed by atoms with Gasteiger partial charge in [-0.25, -0.2) is 0 Å². The largest absolute Gasteiger partial charge is 0.481 e. The fourth-order valence-electron chi connectivity index (χ4n) is 2.31. The minimum Gasteiger partial charge on any atom is -0.481 e. The lowest BCUT2D eigenvalue weighted by molar-refractivity contribution is 0.0900. The molecule has 0 bridgehead atoms. The number of aromatic nitrogens is 1. The first-order chi connectivity index (χ1) is 8.74. The predicted molar refractivity (Wildman–Crippen MR) is 71.8 cm³/mol. The molecule has 0 amide bonds. The molecule has 0 radical (unpaired) electrons. The lowest BCUT2D eigenvalue weighted by Crippen LogP contribution is -2.23. The Balaban J connectivity index is 1.97. The molecule has 1 saturated heterocycles. The van der Waals surface area contributed by atoms with Gasteiger partial charge in [-0.05, 0) is 18.9 Å². The van der Waals surface area contributed by atoms with Gasteiger partial charge in [0.2, 0.25) is 5.88 Å². The first-order valence-electron chi connectivity index (χ1n) is 6.40. The highest BCUT2D eigenvalue weighted by molar-refractivity contribution is 5.61. The van der Waals surface area contributed by atoms with Crippen LogP contribution in [0.4, 0.5) is 11.5 Å². The summed E-state index contributed by atoms with van der Waals surface area (Å²) in [5.41, 5.74) is 6.53. The third kappa shape index (κ3) is 2.85. The zero-order valence-electron chi connectivity index (χ0n) is 11.0. The summed E-state index contributed by atoms with van der Waals surface area (Å²) >= 11 is 0. The van der Waals surface area contributed by atoms with E-state index in [1.54, 1.807) is 19.2 Å². The topological polar surface area (TPSA) is 69.4 Å². The molecule has 2 unspecified atom stereocenters. The van der Waals surface area contributed by atoms with Gasteiger partial charge in [0.1, 0.15) is 0 Å². The van der Waals surface area contributed by atoms with Gasteiger partial charge in [-0.1, -0.05) is 6.92 Å². The van der Waals surface area contributed by atoms with E-state index in [1.807, 2.05) is 0 Å². The van der Waals surface area contributed by atoms with Crippen LogP contribution in [0.25, 0.3) is 0 Å². The van der Waals surface area contributed by atoms with Crippen LogP contribution in [0.3, 0.4) is 0 Å². The summed E-state index contributed by atoms with van der Waals surface area (Å²) in [5.74, 6) is 1.79. The maximum Gasteiger partial charge on any atom is 0.215 e. The van der Waals surface area contributed by atoms with Gasteiger partial charge in [-0.2, -0.15) is 4.98 Å². The predicted octanol–water partition coefficient (Wildman–Crippen LogP) is 1.90. The van der Waals surface area contributed by atoms with Crippen LogP contribution in [0.5, 0.6) is 5.88 Å². The zero-order valence-corrected chi connectivity index (χ0v) is 11.0. The van der Waals surface area contributed by atoms with Crippen molar-refractivity contribution in [1.82, 2.24) is 4.98 Å². The van der Waals surface area contributed by atoms with Crippen molar-refractivity contribution in [3.63, 3.8) is 0 Å². The van der Waals surface area contributed by atoms with E-state index in [9.17, 15) is 0 Å². The van der Waals surface area contributed by atoms with E-state index in [4.69, 9.17) is 15.2 Å². The number of hydrogen-bond donors (Lipinski definition) is 2. The minimum absolute atomic E-state index is 0.351. The summed E-state index contributed by atoms with van der Waals surface area (Å²) in [6, 6.07) is 3.56. The SMILES string of the molecule is CCC1OCCC1CNc1nc(OC)ccc1N. The van der Waals surface area contributed by atoms with Crippen LogP contribution in [0.1, 0.15) is 19.8 Å². The Bertz CT molecular complexity index is 398. The number of ether oxygens (including phenoxy) is 2. The first kappa shape index (κ1) is 13.0. The van der Waals surface area contributed by atoms with Crippen LogP contribution in [-0.4, -0.2) is 31.3 Å². The number of nitrogens with one attached hydrogen (secondary N) is 1. The van der Waals surface area contributed by atoms with E-state index >= 15 is 0 Å². The van der Waals surface area contributed by atoms with Crippen LogP contribution in [0, 0.1) is 5.92 Å². The summed E-state index contributed by atoms with van der Waals surface area (Å²) in [5, 5.41) is 3.30. The number of anilines is 2. The summed E-state index contributed by atoms with van der Waals surface area (Å²) in [6.07, 6.45) is 2.49. The number of rotatable bonds is 5. The zero-order chi connectivity index (χ0) is 13.0. The normalized spacial score (nSPS) is 23.0. The average molecular weight is 251 g/mol. The van der Waals surface area contributed by atoms with Gasteiger partial charge in [0.25, 0.3) is 0 Å². The molecular formula is C13H21N3O2. The molecule has 1 aliphatic rings. The van der Waals surface area contributed by atoms with E-state index in [2.05, 4.69) is 17.2 Å². The van der Waals surface area contributed by atoms with E-state index < -0.39 is 0 Å². The van der Waals surface area contributed by atoms with E-state index in [0.29, 0.717) is 29.4 Å². The third-order valence-corrected chi connectivity index (χ3v) is 3.39. The Labute approximate surface area is 108 Å². The van der Waals surface area contributed by atoms with Crippen molar-refractivity contribution < 1.29 is 9.47 Å². The van der Waals surface area contributed by atoms with Crippen molar-refractivity contribution in [2.45, 2.75) is 25.9 Å². The summed E-state index contributed by atoms with van der Waals surface area (Å²) in [4.78, 5) is 4.30. The quantitative estimate of drug-likeness (QED) is 0.836. The van der Waals surface area contributed by atoms with E-state index in [1.165, 1.54) is 0 Å². The number of nitrogens with zero attached hydrogens (tertiary/aromatic N) is 1.